The molecule has 0 unspecified atom stereocenters. The lowest BCUT2D eigenvalue weighted by Gasteiger charge is -2.34. The number of halogens is 2. The van der Waals surface area contributed by atoms with Crippen molar-refractivity contribution < 1.29 is 19.0 Å². The lowest BCUT2D eigenvalue weighted by molar-refractivity contribution is -0.119. The Morgan fingerprint density at radius 1 is 0.900 bits per heavy atom. The molecule has 2 aromatic heterocycles. The average molecular weight is 719 g/mol. The average Bonchev–Trinajstić information content (AvgIpc) is 3.75. The van der Waals surface area contributed by atoms with Crippen LogP contribution in [0.15, 0.2) is 48.8 Å². The molecular formula is C37H41Cl2N7O4. The first-order chi connectivity index (χ1) is 24.4. The summed E-state index contributed by atoms with van der Waals surface area (Å²) in [6, 6.07) is 12.7. The van der Waals surface area contributed by atoms with E-state index in [0.717, 1.165) is 74.5 Å². The number of carbonyl (C=O) groups is 1. The van der Waals surface area contributed by atoms with E-state index in [2.05, 4.69) is 15.5 Å². The fourth-order valence-electron chi connectivity index (χ4n) is 6.92. The van der Waals surface area contributed by atoms with Gasteiger partial charge in [0.25, 0.3) is 0 Å². The van der Waals surface area contributed by atoms with Gasteiger partial charge in [-0.3, -0.25) is 19.7 Å². The molecule has 0 bridgehead atoms. The van der Waals surface area contributed by atoms with E-state index in [-0.39, 0.29) is 11.9 Å². The number of hydrogen-bond donors (Lipinski definition) is 2. The smallest absolute Gasteiger partial charge is 0.237 e. The molecule has 3 aliphatic heterocycles. The molecule has 3 fully saturated rings. The fourth-order valence-corrected chi connectivity index (χ4v) is 7.57. The van der Waals surface area contributed by atoms with Gasteiger partial charge in [0.2, 0.25) is 17.7 Å². The zero-order valence-corrected chi connectivity index (χ0v) is 29.8. The van der Waals surface area contributed by atoms with Gasteiger partial charge >= 0.3 is 0 Å². The predicted molar refractivity (Wildman–Crippen MR) is 193 cm³/mol. The Morgan fingerprint density at radius 2 is 1.52 bits per heavy atom. The molecule has 3 saturated heterocycles. The fraction of sp³-hybridized carbons (Fsp3) is 0.432. The Morgan fingerprint density at radius 3 is 2.10 bits per heavy atom. The molecule has 0 spiro atoms. The summed E-state index contributed by atoms with van der Waals surface area (Å²) in [5.41, 5.74) is 5.63. The largest absolute Gasteiger partial charge is 0.480 e. The van der Waals surface area contributed by atoms with Crippen molar-refractivity contribution in [2.24, 2.45) is 0 Å². The molecule has 2 aromatic carbocycles. The molecule has 1 amide bonds. The summed E-state index contributed by atoms with van der Waals surface area (Å²) < 4.78 is 16.7. The Hall–Kier alpha value is -3.87. The maximum atomic E-state index is 11.5. The van der Waals surface area contributed by atoms with Gasteiger partial charge in [-0.1, -0.05) is 59.6 Å². The van der Waals surface area contributed by atoms with Gasteiger partial charge in [0, 0.05) is 60.4 Å². The highest BCUT2D eigenvalue weighted by molar-refractivity contribution is 6.39. The third-order valence-corrected chi connectivity index (χ3v) is 10.6. The van der Waals surface area contributed by atoms with E-state index in [1.54, 1.807) is 26.6 Å². The number of likely N-dealkylation sites (tertiary alicyclic amines) is 1. The van der Waals surface area contributed by atoms with Gasteiger partial charge in [-0.2, -0.15) is 0 Å². The summed E-state index contributed by atoms with van der Waals surface area (Å²) in [7, 11) is 3.20. The number of nitrogens with one attached hydrogen (secondary N) is 2. The summed E-state index contributed by atoms with van der Waals surface area (Å²) in [4.78, 5) is 33.0. The van der Waals surface area contributed by atoms with E-state index in [1.807, 2.05) is 36.4 Å². The molecular weight excluding hydrogens is 677 g/mol. The number of hydrogen-bond acceptors (Lipinski definition) is 10. The van der Waals surface area contributed by atoms with Gasteiger partial charge in [0.1, 0.15) is 11.4 Å². The van der Waals surface area contributed by atoms with Crippen molar-refractivity contribution in [3.05, 3.63) is 70.2 Å². The number of rotatable bonds is 13. The number of aryl methyl sites for hydroxylation is 1. The normalized spacial score (nSPS) is 19.4. The van der Waals surface area contributed by atoms with E-state index in [1.165, 1.54) is 0 Å². The highest BCUT2D eigenvalue weighted by Gasteiger charge is 2.32. The summed E-state index contributed by atoms with van der Waals surface area (Å²) >= 11 is 14.2. The maximum absolute atomic E-state index is 11.5. The Kier molecular flexibility index (Phi) is 10.8. The number of amides is 1. The van der Waals surface area contributed by atoms with Crippen LogP contribution in [0.25, 0.3) is 33.6 Å². The van der Waals surface area contributed by atoms with E-state index < -0.39 is 0 Å². The van der Waals surface area contributed by atoms with Gasteiger partial charge in [-0.05, 0) is 32.1 Å². The molecule has 0 radical (unpaired) electrons. The molecule has 50 heavy (non-hydrogen) atoms. The van der Waals surface area contributed by atoms with Crippen molar-refractivity contribution in [2.75, 3.05) is 40.5 Å². The van der Waals surface area contributed by atoms with Crippen molar-refractivity contribution in [3.63, 3.8) is 0 Å². The minimum absolute atomic E-state index is 0.127. The highest BCUT2D eigenvalue weighted by Crippen LogP contribution is 2.42. The zero-order valence-electron chi connectivity index (χ0n) is 28.3. The second-order valence-corrected chi connectivity index (χ2v) is 13.8. The van der Waals surface area contributed by atoms with E-state index in [9.17, 15) is 4.79 Å². The van der Waals surface area contributed by atoms with E-state index >= 15 is 0 Å². The SMILES string of the molecule is COc1nc(-c2cccc(-c3cccc(-c4cnc(CN[C@@H]5CCN(C6COC6)C5)c(OC)n4)c3Cl)c2Cl)cnc1CCC[C@@H]1CCC(=O)N1. The van der Waals surface area contributed by atoms with E-state index in [0.29, 0.717) is 75.8 Å². The van der Waals surface area contributed by atoms with Crippen molar-refractivity contribution in [3.8, 4) is 45.4 Å². The zero-order chi connectivity index (χ0) is 34.6. The first kappa shape index (κ1) is 34.6. The first-order valence-electron chi connectivity index (χ1n) is 17.1. The lowest BCUT2D eigenvalue weighted by Crippen LogP contribution is -2.48. The third-order valence-electron chi connectivity index (χ3n) is 9.82. The van der Waals surface area contributed by atoms with Crippen LogP contribution < -0.4 is 20.1 Å². The molecule has 7 rings (SSSR count). The molecule has 2 atom stereocenters. The van der Waals surface area contributed by atoms with Crippen LogP contribution in [0.3, 0.4) is 0 Å². The molecule has 4 aromatic rings. The lowest BCUT2D eigenvalue weighted by atomic mass is 9.98. The van der Waals surface area contributed by atoms with Crippen LogP contribution in [0, 0.1) is 0 Å². The summed E-state index contributed by atoms with van der Waals surface area (Å²) in [6.07, 6.45) is 8.48. The second kappa shape index (κ2) is 15.6. The number of benzene rings is 2. The quantitative estimate of drug-likeness (QED) is 0.177. The van der Waals surface area contributed by atoms with Gasteiger partial charge in [-0.25, -0.2) is 9.97 Å². The Labute approximate surface area is 302 Å². The first-order valence-corrected chi connectivity index (χ1v) is 17.9. The molecule has 2 N–H and O–H groups in total. The van der Waals surface area contributed by atoms with Crippen molar-refractivity contribution in [1.29, 1.82) is 0 Å². The van der Waals surface area contributed by atoms with Crippen molar-refractivity contribution >= 4 is 29.1 Å². The van der Waals surface area contributed by atoms with Gasteiger partial charge in [0.15, 0.2) is 0 Å². The minimum Gasteiger partial charge on any atom is -0.480 e. The topological polar surface area (TPSA) is 124 Å². The third kappa shape index (κ3) is 7.43. The number of methoxy groups -OCH3 is 2. The van der Waals surface area contributed by atoms with Crippen LogP contribution in [0.1, 0.15) is 43.5 Å². The summed E-state index contributed by atoms with van der Waals surface area (Å²) in [5, 5.41) is 7.64. The van der Waals surface area contributed by atoms with Crippen LogP contribution in [0.2, 0.25) is 10.0 Å². The molecule has 262 valence electrons. The highest BCUT2D eigenvalue weighted by atomic mass is 35.5. The molecule has 5 heterocycles. The van der Waals surface area contributed by atoms with Gasteiger partial charge in [-0.15, -0.1) is 0 Å². The number of ether oxygens (including phenoxy) is 3. The van der Waals surface area contributed by atoms with Crippen molar-refractivity contribution in [1.82, 2.24) is 35.5 Å². The standard InChI is InChI=1S/C37H41Cl2N7O4/c1-48-36-29(11-3-6-22-12-13-33(47)43-22)41-16-30(44-36)27-9-4-7-25(34(27)38)26-8-5-10-28(35(26)39)31-17-42-32(37(45-31)49-2)18-40-23-14-15-46(19-23)24-20-50-21-24/h4-5,7-10,16-17,22-24,40H,3,6,11-15,18-21H2,1-2H3,(H,43,47)/t22-,23-/m1/s1. The second-order valence-electron chi connectivity index (χ2n) is 13.0. The predicted octanol–water partition coefficient (Wildman–Crippen LogP) is 5.76. The van der Waals surface area contributed by atoms with Crippen LogP contribution >= 0.6 is 23.2 Å². The van der Waals surface area contributed by atoms with Crippen LogP contribution in [0.5, 0.6) is 11.8 Å². The van der Waals surface area contributed by atoms with Gasteiger partial charge in [0.05, 0.1) is 67.3 Å². The number of nitrogens with zero attached hydrogens (tertiary/aromatic N) is 5. The van der Waals surface area contributed by atoms with Gasteiger partial charge < -0.3 is 24.8 Å². The van der Waals surface area contributed by atoms with Crippen LogP contribution in [-0.4, -0.2) is 89.4 Å². The number of carbonyl (C=O) groups excluding carboxylic acids is 1. The minimum atomic E-state index is 0.127. The Balaban J connectivity index is 1.07. The Bertz CT molecular complexity index is 1860. The van der Waals surface area contributed by atoms with Crippen LogP contribution in [0.4, 0.5) is 0 Å². The molecule has 0 aliphatic carbocycles. The molecule has 0 saturated carbocycles. The number of aromatic nitrogens is 4. The monoisotopic (exact) mass is 717 g/mol. The van der Waals surface area contributed by atoms with Crippen LogP contribution in [-0.2, 0) is 22.5 Å². The molecule has 11 nitrogen and oxygen atoms in total. The maximum Gasteiger partial charge on any atom is 0.237 e. The summed E-state index contributed by atoms with van der Waals surface area (Å²) in [6.45, 7) is 4.30. The summed E-state index contributed by atoms with van der Waals surface area (Å²) in [5.74, 6) is 1.04. The van der Waals surface area contributed by atoms with E-state index in [4.69, 9.17) is 57.3 Å². The molecule has 13 heteroatoms. The van der Waals surface area contributed by atoms with Crippen molar-refractivity contribution in [2.45, 2.75) is 63.2 Å². The molecule has 3 aliphatic rings.